The van der Waals surface area contributed by atoms with Crippen LogP contribution in [0.25, 0.3) is 0 Å². The van der Waals surface area contributed by atoms with Gasteiger partial charge in [-0.2, -0.15) is 4.31 Å². The summed E-state index contributed by atoms with van der Waals surface area (Å²) >= 11 is 0. The van der Waals surface area contributed by atoms with E-state index < -0.39 is 10.0 Å². The average Bonchev–Trinajstić information content (AvgIpc) is 2.94. The van der Waals surface area contributed by atoms with E-state index in [-0.39, 0.29) is 17.0 Å². The van der Waals surface area contributed by atoms with E-state index in [1.165, 1.54) is 4.31 Å². The highest BCUT2D eigenvalue weighted by atomic mass is 32.2. The predicted octanol–water partition coefficient (Wildman–Crippen LogP) is 0.187. The Morgan fingerprint density at radius 1 is 1.37 bits per heavy atom. The molecule has 1 fully saturated rings. The fourth-order valence-electron chi connectivity index (χ4n) is 2.79. The first kappa shape index (κ1) is 13.1. The second-order valence-corrected chi connectivity index (χ2v) is 7.49. The Balaban J connectivity index is 1.90. The van der Waals surface area contributed by atoms with Crippen molar-refractivity contribution >= 4 is 10.0 Å². The second kappa shape index (κ2) is 4.57. The molecule has 1 saturated heterocycles. The molecular formula is C12H20N4O2S. The summed E-state index contributed by atoms with van der Waals surface area (Å²) in [6.07, 6.45) is 4.72. The van der Waals surface area contributed by atoms with Gasteiger partial charge < -0.3 is 10.3 Å². The molecule has 0 saturated carbocycles. The van der Waals surface area contributed by atoms with Crippen molar-refractivity contribution in [2.24, 2.45) is 11.7 Å². The molecule has 7 heteroatoms. The van der Waals surface area contributed by atoms with E-state index >= 15 is 0 Å². The molecule has 2 unspecified atom stereocenters. The van der Waals surface area contributed by atoms with E-state index in [9.17, 15) is 8.42 Å². The summed E-state index contributed by atoms with van der Waals surface area (Å²) in [6, 6.07) is -0.0768. The van der Waals surface area contributed by atoms with Crippen LogP contribution < -0.4 is 5.73 Å². The molecule has 3 rings (SSSR count). The number of sulfonamides is 1. The largest absolute Gasteiger partial charge is 0.333 e. The van der Waals surface area contributed by atoms with Crippen LogP contribution in [0.5, 0.6) is 0 Å². The molecule has 2 N–H and O–H groups in total. The Kier molecular flexibility index (Phi) is 3.15. The zero-order valence-corrected chi connectivity index (χ0v) is 11.9. The smallest absolute Gasteiger partial charge is 0.262 e. The lowest BCUT2D eigenvalue weighted by atomic mass is 10.1. The summed E-state index contributed by atoms with van der Waals surface area (Å²) in [5, 5.41) is 0.186. The highest BCUT2D eigenvalue weighted by Crippen LogP contribution is 2.24. The SMILES string of the molecule is CC1CN(S(=O)(=O)c2cn3c(n2)CCCC3)CC1N. The molecule has 1 aromatic heterocycles. The third-order valence-electron chi connectivity index (χ3n) is 4.13. The third-order valence-corrected chi connectivity index (χ3v) is 5.83. The van der Waals surface area contributed by atoms with Gasteiger partial charge in [-0.1, -0.05) is 6.92 Å². The first-order chi connectivity index (χ1) is 8.98. The Labute approximate surface area is 113 Å². The topological polar surface area (TPSA) is 81.2 Å². The maximum Gasteiger partial charge on any atom is 0.262 e. The van der Waals surface area contributed by atoms with E-state index in [2.05, 4.69) is 4.98 Å². The van der Waals surface area contributed by atoms with E-state index in [0.29, 0.717) is 13.1 Å². The van der Waals surface area contributed by atoms with Crippen molar-refractivity contribution in [1.29, 1.82) is 0 Å². The summed E-state index contributed by atoms with van der Waals surface area (Å²) in [6.45, 7) is 3.74. The van der Waals surface area contributed by atoms with Gasteiger partial charge in [0.1, 0.15) is 5.82 Å². The maximum atomic E-state index is 12.5. The minimum absolute atomic E-state index is 0.0768. The molecule has 0 aromatic carbocycles. The fraction of sp³-hybridized carbons (Fsp3) is 0.750. The molecule has 2 atom stereocenters. The van der Waals surface area contributed by atoms with E-state index in [1.807, 2.05) is 11.5 Å². The van der Waals surface area contributed by atoms with Crippen LogP contribution >= 0.6 is 0 Å². The molecule has 0 bridgehead atoms. The van der Waals surface area contributed by atoms with Gasteiger partial charge in [-0.05, 0) is 18.8 Å². The van der Waals surface area contributed by atoms with Crippen molar-refractivity contribution < 1.29 is 8.42 Å². The van der Waals surface area contributed by atoms with Gasteiger partial charge in [0, 0.05) is 38.3 Å². The molecule has 0 aliphatic carbocycles. The number of hydrogen-bond donors (Lipinski definition) is 1. The second-order valence-electron chi connectivity index (χ2n) is 5.61. The van der Waals surface area contributed by atoms with Gasteiger partial charge in [0.25, 0.3) is 10.0 Å². The first-order valence-electron chi connectivity index (χ1n) is 6.80. The van der Waals surface area contributed by atoms with Gasteiger partial charge in [0.2, 0.25) is 0 Å². The molecule has 19 heavy (non-hydrogen) atoms. The van der Waals surface area contributed by atoms with Crippen molar-refractivity contribution in [3.05, 3.63) is 12.0 Å². The molecule has 6 nitrogen and oxygen atoms in total. The standard InChI is InChI=1S/C12H20N4O2S/c1-9-6-16(7-10(9)13)19(17,18)12-8-15-5-3-2-4-11(15)14-12/h8-10H,2-7,13H2,1H3. The normalized spacial score (nSPS) is 28.5. The van der Waals surface area contributed by atoms with E-state index in [0.717, 1.165) is 31.6 Å². The van der Waals surface area contributed by atoms with Crippen LogP contribution in [-0.4, -0.2) is 41.4 Å². The van der Waals surface area contributed by atoms with E-state index in [4.69, 9.17) is 5.73 Å². The van der Waals surface area contributed by atoms with Gasteiger partial charge in [-0.3, -0.25) is 0 Å². The molecule has 1 aromatic rings. The Bertz CT molecular complexity index is 547. The summed E-state index contributed by atoms with van der Waals surface area (Å²) in [5.41, 5.74) is 5.91. The number of nitrogens with zero attached hydrogens (tertiary/aromatic N) is 3. The van der Waals surface area contributed by atoms with Crippen LogP contribution in [0.3, 0.4) is 0 Å². The maximum absolute atomic E-state index is 12.5. The molecule has 3 heterocycles. The summed E-state index contributed by atoms with van der Waals surface area (Å²) in [7, 11) is -3.48. The minimum Gasteiger partial charge on any atom is -0.333 e. The van der Waals surface area contributed by atoms with Crippen LogP contribution in [0.15, 0.2) is 11.2 Å². The van der Waals surface area contributed by atoms with Crippen molar-refractivity contribution in [3.8, 4) is 0 Å². The van der Waals surface area contributed by atoms with Crippen molar-refractivity contribution in [3.63, 3.8) is 0 Å². The minimum atomic E-state index is -3.48. The number of imidazole rings is 1. The molecule has 0 radical (unpaired) electrons. The molecule has 106 valence electrons. The molecule has 2 aliphatic rings. The highest BCUT2D eigenvalue weighted by Gasteiger charge is 2.37. The molecule has 0 amide bonds. The Morgan fingerprint density at radius 2 is 2.16 bits per heavy atom. The zero-order valence-electron chi connectivity index (χ0n) is 11.1. The summed E-state index contributed by atoms with van der Waals surface area (Å²) < 4.78 is 28.5. The lowest BCUT2D eigenvalue weighted by Crippen LogP contribution is -2.32. The van der Waals surface area contributed by atoms with Crippen molar-refractivity contribution in [2.75, 3.05) is 13.1 Å². The lowest BCUT2D eigenvalue weighted by Gasteiger charge is -2.13. The fourth-order valence-corrected chi connectivity index (χ4v) is 4.33. The van der Waals surface area contributed by atoms with Crippen molar-refractivity contribution in [2.45, 2.75) is 43.8 Å². The lowest BCUT2D eigenvalue weighted by molar-refractivity contribution is 0.461. The van der Waals surface area contributed by atoms with Crippen LogP contribution in [0.4, 0.5) is 0 Å². The molecule has 0 spiro atoms. The number of aryl methyl sites for hydroxylation is 2. The number of aromatic nitrogens is 2. The predicted molar refractivity (Wildman–Crippen MR) is 71.1 cm³/mol. The van der Waals surface area contributed by atoms with Gasteiger partial charge in [0.05, 0.1) is 0 Å². The number of nitrogens with two attached hydrogens (primary N) is 1. The first-order valence-corrected chi connectivity index (χ1v) is 8.24. The number of rotatable bonds is 2. The zero-order chi connectivity index (χ0) is 13.6. The van der Waals surface area contributed by atoms with Crippen molar-refractivity contribution in [1.82, 2.24) is 13.9 Å². The summed E-state index contributed by atoms with van der Waals surface area (Å²) in [5.74, 6) is 1.09. The van der Waals surface area contributed by atoms with E-state index in [1.54, 1.807) is 6.20 Å². The van der Waals surface area contributed by atoms with Gasteiger partial charge in [-0.15, -0.1) is 0 Å². The third kappa shape index (κ3) is 2.19. The van der Waals surface area contributed by atoms with Gasteiger partial charge in [0.15, 0.2) is 5.03 Å². The quantitative estimate of drug-likeness (QED) is 0.840. The highest BCUT2D eigenvalue weighted by molar-refractivity contribution is 7.89. The van der Waals surface area contributed by atoms with Crippen LogP contribution in [0, 0.1) is 5.92 Å². The average molecular weight is 284 g/mol. The Hall–Kier alpha value is -0.920. The van der Waals surface area contributed by atoms with Gasteiger partial charge in [-0.25, -0.2) is 13.4 Å². The monoisotopic (exact) mass is 284 g/mol. The van der Waals surface area contributed by atoms with Crippen LogP contribution in [0.2, 0.25) is 0 Å². The molecule has 2 aliphatic heterocycles. The summed E-state index contributed by atoms with van der Waals surface area (Å²) in [4.78, 5) is 4.31. The van der Waals surface area contributed by atoms with Gasteiger partial charge >= 0.3 is 0 Å². The van der Waals surface area contributed by atoms with Crippen LogP contribution in [0.1, 0.15) is 25.6 Å². The number of hydrogen-bond acceptors (Lipinski definition) is 4. The van der Waals surface area contributed by atoms with Crippen LogP contribution in [-0.2, 0) is 23.0 Å². The number of fused-ring (bicyclic) bond motifs is 1. The Morgan fingerprint density at radius 3 is 2.79 bits per heavy atom. The molecular weight excluding hydrogens is 264 g/mol.